The highest BCUT2D eigenvalue weighted by Gasteiger charge is 2.16. The third-order valence-electron chi connectivity index (χ3n) is 3.59. The van der Waals surface area contributed by atoms with Crippen LogP contribution in [-0.2, 0) is 4.74 Å². The molecule has 2 rings (SSSR count). The second-order valence-electron chi connectivity index (χ2n) is 5.78. The third kappa shape index (κ3) is 4.72. The molecule has 0 radical (unpaired) electrons. The number of benzene rings is 1. The number of hydrogen-bond acceptors (Lipinski definition) is 4. The van der Waals surface area contributed by atoms with Crippen LogP contribution in [0.15, 0.2) is 24.3 Å². The molecule has 2 N–H and O–H groups in total. The highest BCUT2D eigenvalue weighted by Crippen LogP contribution is 2.14. The molecule has 1 aliphatic heterocycles. The molecule has 21 heavy (non-hydrogen) atoms. The zero-order valence-corrected chi connectivity index (χ0v) is 13.1. The van der Waals surface area contributed by atoms with E-state index in [1.54, 1.807) is 19.0 Å². The summed E-state index contributed by atoms with van der Waals surface area (Å²) in [5, 5.41) is 6.92. The van der Waals surface area contributed by atoms with Crippen LogP contribution in [0, 0.1) is 0 Å². The monoisotopic (exact) mass is 291 g/mol. The number of morpholine rings is 1. The number of carbonyl (C=O) groups excluding carboxylic acids is 1. The van der Waals surface area contributed by atoms with Gasteiger partial charge in [-0.1, -0.05) is 0 Å². The van der Waals surface area contributed by atoms with Crippen molar-refractivity contribution in [1.82, 2.24) is 10.2 Å². The van der Waals surface area contributed by atoms with Crippen molar-refractivity contribution >= 4 is 11.6 Å². The average molecular weight is 291 g/mol. The quantitative estimate of drug-likeness (QED) is 0.864. The van der Waals surface area contributed by atoms with Crippen molar-refractivity contribution in [3.8, 4) is 0 Å². The molecule has 1 heterocycles. The molecule has 5 nitrogen and oxygen atoms in total. The lowest BCUT2D eigenvalue weighted by Crippen LogP contribution is -2.43. The zero-order chi connectivity index (χ0) is 15.2. The number of nitrogens with one attached hydrogen (secondary N) is 2. The van der Waals surface area contributed by atoms with Gasteiger partial charge in [-0.2, -0.15) is 0 Å². The van der Waals surface area contributed by atoms with Crippen LogP contribution in [0.1, 0.15) is 23.7 Å². The fraction of sp³-hybridized carbons (Fsp3) is 0.562. The molecule has 2 unspecified atom stereocenters. The number of rotatable bonds is 5. The number of ether oxygens (including phenoxy) is 1. The lowest BCUT2D eigenvalue weighted by molar-refractivity contribution is 0.0731. The van der Waals surface area contributed by atoms with Gasteiger partial charge in [0.25, 0.3) is 5.91 Å². The third-order valence-corrected chi connectivity index (χ3v) is 3.59. The van der Waals surface area contributed by atoms with Gasteiger partial charge in [-0.05, 0) is 37.6 Å². The largest absolute Gasteiger partial charge is 0.383 e. The minimum atomic E-state index is 0.0261. The smallest absolute Gasteiger partial charge is 0.253 e. The molecule has 1 amide bonds. The van der Waals surface area contributed by atoms with E-state index in [9.17, 15) is 4.79 Å². The molecule has 1 aromatic rings. The van der Waals surface area contributed by atoms with Gasteiger partial charge in [0.15, 0.2) is 0 Å². The summed E-state index contributed by atoms with van der Waals surface area (Å²) in [5.74, 6) is 0.0261. The predicted molar refractivity (Wildman–Crippen MR) is 84.8 cm³/mol. The predicted octanol–water partition coefficient (Wildman–Crippen LogP) is 1.57. The van der Waals surface area contributed by atoms with Gasteiger partial charge in [0.05, 0.1) is 13.2 Å². The molecule has 0 spiro atoms. The second kappa shape index (κ2) is 7.43. The molecular weight excluding hydrogens is 266 g/mol. The first-order valence-electron chi connectivity index (χ1n) is 7.45. The summed E-state index contributed by atoms with van der Waals surface area (Å²) in [7, 11) is 3.52. The Morgan fingerprint density at radius 3 is 2.71 bits per heavy atom. The Hall–Kier alpha value is -1.59. The topological polar surface area (TPSA) is 53.6 Å². The van der Waals surface area contributed by atoms with Crippen LogP contribution >= 0.6 is 0 Å². The van der Waals surface area contributed by atoms with E-state index in [1.807, 2.05) is 24.3 Å². The van der Waals surface area contributed by atoms with Gasteiger partial charge >= 0.3 is 0 Å². The van der Waals surface area contributed by atoms with E-state index in [2.05, 4.69) is 17.6 Å². The van der Waals surface area contributed by atoms with Crippen LogP contribution in [0.3, 0.4) is 0 Å². The van der Waals surface area contributed by atoms with Crippen molar-refractivity contribution in [2.75, 3.05) is 39.2 Å². The van der Waals surface area contributed by atoms with Crippen LogP contribution in [0.5, 0.6) is 0 Å². The van der Waals surface area contributed by atoms with E-state index in [4.69, 9.17) is 4.74 Å². The van der Waals surface area contributed by atoms with Crippen molar-refractivity contribution in [2.45, 2.75) is 25.4 Å². The Morgan fingerprint density at radius 1 is 1.43 bits per heavy atom. The highest BCUT2D eigenvalue weighted by molar-refractivity contribution is 5.94. The van der Waals surface area contributed by atoms with Crippen LogP contribution < -0.4 is 10.6 Å². The summed E-state index contributed by atoms with van der Waals surface area (Å²) in [5.41, 5.74) is 1.75. The van der Waals surface area contributed by atoms with Gasteiger partial charge < -0.3 is 20.3 Å². The first-order chi connectivity index (χ1) is 10.1. The summed E-state index contributed by atoms with van der Waals surface area (Å²) < 4.78 is 5.47. The Labute approximate surface area is 126 Å². The van der Waals surface area contributed by atoms with E-state index < -0.39 is 0 Å². The van der Waals surface area contributed by atoms with Crippen molar-refractivity contribution in [3.63, 3.8) is 0 Å². The van der Waals surface area contributed by atoms with Gasteiger partial charge in [-0.3, -0.25) is 4.79 Å². The number of hydrogen-bond donors (Lipinski definition) is 2. The maximum absolute atomic E-state index is 11.8. The summed E-state index contributed by atoms with van der Waals surface area (Å²) in [6.45, 7) is 4.68. The normalized spacial score (nSPS) is 19.9. The molecule has 0 bridgehead atoms. The summed E-state index contributed by atoms with van der Waals surface area (Å²) in [6.07, 6.45) is 1.01. The standard InChI is InChI=1S/C16H25N3O2/c1-12(10-15-11-21-9-8-17-15)18-14-6-4-13(5-7-14)16(20)19(2)3/h4-7,12,15,17-18H,8-11H2,1-3H3. The molecule has 0 saturated carbocycles. The van der Waals surface area contributed by atoms with E-state index in [0.29, 0.717) is 17.6 Å². The summed E-state index contributed by atoms with van der Waals surface area (Å²) in [4.78, 5) is 13.4. The van der Waals surface area contributed by atoms with Crippen LogP contribution in [-0.4, -0.2) is 56.7 Å². The van der Waals surface area contributed by atoms with Crippen LogP contribution in [0.25, 0.3) is 0 Å². The Kier molecular flexibility index (Phi) is 5.59. The Morgan fingerprint density at radius 2 is 2.14 bits per heavy atom. The summed E-state index contributed by atoms with van der Waals surface area (Å²) in [6, 6.07) is 8.39. The number of carbonyl (C=O) groups is 1. The number of anilines is 1. The van der Waals surface area contributed by atoms with E-state index >= 15 is 0 Å². The van der Waals surface area contributed by atoms with Gasteiger partial charge in [0.2, 0.25) is 0 Å². The van der Waals surface area contributed by atoms with Crippen molar-refractivity contribution in [2.24, 2.45) is 0 Å². The van der Waals surface area contributed by atoms with Crippen LogP contribution in [0.4, 0.5) is 5.69 Å². The van der Waals surface area contributed by atoms with E-state index in [0.717, 1.165) is 31.9 Å². The molecule has 1 aromatic carbocycles. The maximum Gasteiger partial charge on any atom is 0.253 e. The lowest BCUT2D eigenvalue weighted by Gasteiger charge is -2.27. The van der Waals surface area contributed by atoms with Crippen molar-refractivity contribution in [1.29, 1.82) is 0 Å². The van der Waals surface area contributed by atoms with Crippen molar-refractivity contribution < 1.29 is 9.53 Å². The molecular formula is C16H25N3O2. The second-order valence-corrected chi connectivity index (χ2v) is 5.78. The lowest BCUT2D eigenvalue weighted by atomic mass is 10.1. The Bertz CT molecular complexity index is 453. The number of amides is 1. The minimum absolute atomic E-state index is 0.0261. The van der Waals surface area contributed by atoms with Gasteiger partial charge in [0, 0.05) is 44.0 Å². The van der Waals surface area contributed by atoms with Crippen LogP contribution in [0.2, 0.25) is 0 Å². The molecule has 2 atom stereocenters. The first-order valence-corrected chi connectivity index (χ1v) is 7.45. The van der Waals surface area contributed by atoms with Crippen molar-refractivity contribution in [3.05, 3.63) is 29.8 Å². The molecule has 1 fully saturated rings. The molecule has 1 aliphatic rings. The molecule has 1 saturated heterocycles. The van der Waals surface area contributed by atoms with E-state index in [-0.39, 0.29) is 5.91 Å². The SMILES string of the molecule is CC(CC1COCCN1)Nc1ccc(C(=O)N(C)C)cc1. The highest BCUT2D eigenvalue weighted by atomic mass is 16.5. The molecule has 0 aromatic heterocycles. The van der Waals surface area contributed by atoms with E-state index in [1.165, 1.54) is 0 Å². The fourth-order valence-electron chi connectivity index (χ4n) is 2.51. The number of nitrogens with zero attached hydrogens (tertiary/aromatic N) is 1. The zero-order valence-electron chi connectivity index (χ0n) is 13.1. The Balaban J connectivity index is 1.86. The first kappa shape index (κ1) is 15.8. The minimum Gasteiger partial charge on any atom is -0.383 e. The van der Waals surface area contributed by atoms with Gasteiger partial charge in [0.1, 0.15) is 0 Å². The molecule has 116 valence electrons. The summed E-state index contributed by atoms with van der Waals surface area (Å²) >= 11 is 0. The average Bonchev–Trinajstić information content (AvgIpc) is 2.48. The molecule has 0 aliphatic carbocycles. The van der Waals surface area contributed by atoms with Gasteiger partial charge in [-0.15, -0.1) is 0 Å². The molecule has 5 heteroatoms. The van der Waals surface area contributed by atoms with Gasteiger partial charge in [-0.25, -0.2) is 0 Å². The fourth-order valence-corrected chi connectivity index (χ4v) is 2.51. The maximum atomic E-state index is 11.8.